The van der Waals surface area contributed by atoms with E-state index < -0.39 is 17.5 Å². The van der Waals surface area contributed by atoms with Crippen LogP contribution in [0.1, 0.15) is 37.0 Å². The van der Waals surface area contributed by atoms with Crippen LogP contribution in [0.2, 0.25) is 0 Å². The predicted octanol–water partition coefficient (Wildman–Crippen LogP) is 3.95. The molecule has 2 atom stereocenters. The Balaban J connectivity index is 1.60. The number of aromatic nitrogens is 2. The number of phenols is 1. The second-order valence-corrected chi connectivity index (χ2v) is 8.73. The zero-order valence-corrected chi connectivity index (χ0v) is 16.6. The Morgan fingerprint density at radius 2 is 1.93 bits per heavy atom. The molecule has 0 amide bonds. The van der Waals surface area contributed by atoms with E-state index in [1.54, 1.807) is 6.07 Å². The molecule has 2 aliphatic rings. The summed E-state index contributed by atoms with van der Waals surface area (Å²) < 4.78 is 38.9. The van der Waals surface area contributed by atoms with E-state index in [0.29, 0.717) is 17.2 Å². The highest BCUT2D eigenvalue weighted by molar-refractivity contribution is 5.73. The van der Waals surface area contributed by atoms with Crippen molar-refractivity contribution in [3.05, 3.63) is 34.9 Å². The van der Waals surface area contributed by atoms with Gasteiger partial charge in [0.25, 0.3) is 0 Å². The van der Waals surface area contributed by atoms with Gasteiger partial charge in [-0.2, -0.15) is 13.2 Å². The van der Waals surface area contributed by atoms with Crippen molar-refractivity contribution in [3.63, 3.8) is 0 Å². The number of halogens is 3. The maximum atomic E-state index is 13.0. The summed E-state index contributed by atoms with van der Waals surface area (Å²) in [6.45, 7) is 7.22. The third kappa shape index (κ3) is 3.33. The first kappa shape index (κ1) is 19.9. The van der Waals surface area contributed by atoms with Crippen molar-refractivity contribution in [2.75, 3.05) is 18.0 Å². The van der Waals surface area contributed by atoms with Gasteiger partial charge in [-0.3, -0.25) is 0 Å². The molecule has 1 fully saturated rings. The average molecular weight is 407 g/mol. The van der Waals surface area contributed by atoms with Crippen molar-refractivity contribution >= 4 is 5.82 Å². The molecular weight excluding hydrogens is 383 g/mol. The van der Waals surface area contributed by atoms with Gasteiger partial charge >= 0.3 is 6.18 Å². The second kappa shape index (κ2) is 6.58. The molecule has 4 rings (SSSR count). The fourth-order valence-corrected chi connectivity index (χ4v) is 4.37. The largest absolute Gasteiger partial charge is 0.507 e. The van der Waals surface area contributed by atoms with E-state index in [1.807, 2.05) is 0 Å². The molecule has 2 heterocycles. The van der Waals surface area contributed by atoms with Gasteiger partial charge in [-0.25, -0.2) is 0 Å². The fourth-order valence-electron chi connectivity index (χ4n) is 4.37. The van der Waals surface area contributed by atoms with Crippen LogP contribution in [0.3, 0.4) is 0 Å². The van der Waals surface area contributed by atoms with Gasteiger partial charge in [0.1, 0.15) is 5.75 Å². The van der Waals surface area contributed by atoms with Crippen molar-refractivity contribution in [1.29, 1.82) is 0 Å². The number of aliphatic hydroxyl groups is 1. The monoisotopic (exact) mass is 407 g/mol. The molecule has 2 aromatic rings. The molecule has 0 unspecified atom stereocenters. The summed E-state index contributed by atoms with van der Waals surface area (Å²) in [5, 5.41) is 28.7. The first-order valence-electron chi connectivity index (χ1n) is 9.69. The fraction of sp³-hybridized carbons (Fsp3) is 0.524. The number of phenolic OH excluding ortho intramolecular Hbond substituents is 1. The lowest BCUT2D eigenvalue weighted by Gasteiger charge is -2.50. The van der Waals surface area contributed by atoms with E-state index in [0.717, 1.165) is 49.4 Å². The Labute approximate surface area is 167 Å². The van der Waals surface area contributed by atoms with Gasteiger partial charge < -0.3 is 15.1 Å². The molecule has 1 aromatic heterocycles. The smallest absolute Gasteiger partial charge is 0.416 e. The van der Waals surface area contributed by atoms with Crippen LogP contribution in [0.5, 0.6) is 5.75 Å². The summed E-state index contributed by atoms with van der Waals surface area (Å²) in [5.74, 6) is 0.688. The first-order valence-corrected chi connectivity index (χ1v) is 9.69. The second-order valence-electron chi connectivity index (χ2n) is 8.73. The summed E-state index contributed by atoms with van der Waals surface area (Å²) in [5.41, 5.74) is 0.891. The van der Waals surface area contributed by atoms with E-state index in [9.17, 15) is 23.4 Å². The van der Waals surface area contributed by atoms with Gasteiger partial charge in [-0.15, -0.1) is 10.2 Å². The summed E-state index contributed by atoms with van der Waals surface area (Å²) >= 11 is 0. The lowest BCUT2D eigenvalue weighted by Crippen LogP contribution is -2.53. The topological polar surface area (TPSA) is 69.5 Å². The van der Waals surface area contributed by atoms with Gasteiger partial charge in [0, 0.05) is 24.2 Å². The van der Waals surface area contributed by atoms with E-state index in [2.05, 4.69) is 28.9 Å². The number of aromatic hydroxyl groups is 1. The first-order chi connectivity index (χ1) is 13.5. The molecule has 1 aliphatic heterocycles. The highest BCUT2D eigenvalue weighted by Gasteiger charge is 2.48. The quantitative estimate of drug-likeness (QED) is 0.807. The van der Waals surface area contributed by atoms with Crippen LogP contribution in [0.15, 0.2) is 18.2 Å². The zero-order chi connectivity index (χ0) is 21.1. The molecule has 1 aromatic carbocycles. The Kier molecular flexibility index (Phi) is 4.53. The molecular formula is C21H24F3N3O2. The molecule has 29 heavy (non-hydrogen) atoms. The van der Waals surface area contributed by atoms with Crippen LogP contribution in [0, 0.1) is 18.3 Å². The number of hydrogen-bond donors (Lipinski definition) is 2. The number of nitrogens with zero attached hydrogens (tertiary/aromatic N) is 3. The minimum absolute atomic E-state index is 0.126. The maximum absolute atomic E-state index is 13.0. The molecule has 1 aliphatic carbocycles. The third-order valence-corrected chi connectivity index (χ3v) is 6.56. The van der Waals surface area contributed by atoms with E-state index in [-0.39, 0.29) is 17.1 Å². The molecule has 0 spiro atoms. The third-order valence-electron chi connectivity index (χ3n) is 6.56. The number of benzene rings is 1. The Hall–Kier alpha value is -2.35. The van der Waals surface area contributed by atoms with Gasteiger partial charge in [-0.05, 0) is 54.9 Å². The Bertz CT molecular complexity index is 936. The highest BCUT2D eigenvalue weighted by Crippen LogP contribution is 2.47. The molecule has 2 N–H and O–H groups in total. The van der Waals surface area contributed by atoms with Gasteiger partial charge in [0.05, 0.1) is 17.4 Å². The summed E-state index contributed by atoms with van der Waals surface area (Å²) in [7, 11) is 0. The van der Waals surface area contributed by atoms with E-state index in [4.69, 9.17) is 0 Å². The number of rotatable bonds is 3. The van der Waals surface area contributed by atoms with Crippen molar-refractivity contribution in [2.45, 2.75) is 45.9 Å². The van der Waals surface area contributed by atoms with Crippen molar-refractivity contribution < 1.29 is 23.4 Å². The summed E-state index contributed by atoms with van der Waals surface area (Å²) in [6, 6.07) is 3.55. The number of aliphatic hydroxyl groups excluding tert-OH is 1. The molecule has 8 heteroatoms. The molecule has 156 valence electrons. The molecule has 0 radical (unpaired) electrons. The molecule has 5 nitrogen and oxygen atoms in total. The molecule has 1 saturated carbocycles. The van der Waals surface area contributed by atoms with E-state index in [1.165, 1.54) is 6.92 Å². The number of aryl methyl sites for hydroxylation is 1. The maximum Gasteiger partial charge on any atom is 0.416 e. The summed E-state index contributed by atoms with van der Waals surface area (Å²) in [4.78, 5) is 2.16. The standard InChI is InChI=1S/C21H24F3N3O2/c1-11-6-13(21(22,23)24)8-16(28)18(11)15-7-12-4-5-27(19(12)26-25-15)10-14-9-17(29)20(14,2)3/h6-8,14,17,28-29H,4-5,9-10H2,1-3H3/t14-,17-/m0/s1. The number of alkyl halides is 3. The highest BCUT2D eigenvalue weighted by atomic mass is 19.4. The van der Waals surface area contributed by atoms with Crippen molar-refractivity contribution in [3.8, 4) is 17.0 Å². The molecule has 0 bridgehead atoms. The number of fused-ring (bicyclic) bond motifs is 1. The Morgan fingerprint density at radius 3 is 2.52 bits per heavy atom. The van der Waals surface area contributed by atoms with Crippen LogP contribution in [-0.4, -0.2) is 39.6 Å². The average Bonchev–Trinajstić information content (AvgIpc) is 3.02. The van der Waals surface area contributed by atoms with E-state index >= 15 is 0 Å². The number of anilines is 1. The SMILES string of the molecule is Cc1cc(C(F)(F)F)cc(O)c1-c1cc2c(nn1)N(C[C@@H]1C[C@H](O)C1(C)C)CC2. The normalized spacial score (nSPS) is 23.1. The Morgan fingerprint density at radius 1 is 1.21 bits per heavy atom. The zero-order valence-electron chi connectivity index (χ0n) is 16.6. The predicted molar refractivity (Wildman–Crippen MR) is 103 cm³/mol. The lowest BCUT2D eigenvalue weighted by atomic mass is 9.60. The van der Waals surface area contributed by atoms with Crippen LogP contribution in [0.25, 0.3) is 11.3 Å². The molecule has 0 saturated heterocycles. The van der Waals surface area contributed by atoms with Crippen LogP contribution >= 0.6 is 0 Å². The van der Waals surface area contributed by atoms with Gasteiger partial charge in [0.2, 0.25) is 0 Å². The van der Waals surface area contributed by atoms with Crippen molar-refractivity contribution in [1.82, 2.24) is 10.2 Å². The van der Waals surface area contributed by atoms with Crippen molar-refractivity contribution in [2.24, 2.45) is 11.3 Å². The van der Waals surface area contributed by atoms with Crippen LogP contribution in [0.4, 0.5) is 19.0 Å². The lowest BCUT2D eigenvalue weighted by molar-refractivity contribution is -0.137. The van der Waals surface area contributed by atoms with Crippen LogP contribution in [-0.2, 0) is 12.6 Å². The minimum atomic E-state index is -4.52. The summed E-state index contributed by atoms with van der Waals surface area (Å²) in [6.07, 6.45) is -3.28. The van der Waals surface area contributed by atoms with Crippen LogP contribution < -0.4 is 4.90 Å². The number of hydrogen-bond acceptors (Lipinski definition) is 5. The minimum Gasteiger partial charge on any atom is -0.507 e. The van der Waals surface area contributed by atoms with Gasteiger partial charge in [0.15, 0.2) is 5.82 Å². The van der Waals surface area contributed by atoms with Gasteiger partial charge in [-0.1, -0.05) is 13.8 Å².